The predicted octanol–water partition coefficient (Wildman–Crippen LogP) is 2.07. The lowest BCUT2D eigenvalue weighted by Gasteiger charge is -2.06. The summed E-state index contributed by atoms with van der Waals surface area (Å²) < 4.78 is 0. The minimum atomic E-state index is -0.226. The Hall–Kier alpha value is -2.36. The van der Waals surface area contributed by atoms with Gasteiger partial charge in [0.15, 0.2) is 0 Å². The molecule has 0 radical (unpaired) electrons. The number of benzene rings is 1. The summed E-state index contributed by atoms with van der Waals surface area (Å²) >= 11 is 0. The van der Waals surface area contributed by atoms with Crippen LogP contribution >= 0.6 is 0 Å². The summed E-state index contributed by atoms with van der Waals surface area (Å²) in [5, 5.41) is 12.1. The van der Waals surface area contributed by atoms with Crippen molar-refractivity contribution in [2.24, 2.45) is 0 Å². The van der Waals surface area contributed by atoms with Gasteiger partial charge in [0.25, 0.3) is 5.91 Å². The second-order valence-corrected chi connectivity index (χ2v) is 4.43. The van der Waals surface area contributed by atoms with Crippen molar-refractivity contribution < 1.29 is 9.90 Å². The SMILES string of the molecule is Cc1cccc(CCNC(=O)c2cncc(O)c2)c1. The van der Waals surface area contributed by atoms with Gasteiger partial charge in [-0.3, -0.25) is 9.78 Å². The molecule has 0 aliphatic carbocycles. The van der Waals surface area contributed by atoms with E-state index in [2.05, 4.69) is 16.4 Å². The van der Waals surface area contributed by atoms with Crippen molar-refractivity contribution in [3.8, 4) is 5.75 Å². The first-order valence-corrected chi connectivity index (χ1v) is 6.13. The number of aromatic nitrogens is 1. The molecule has 0 spiro atoms. The minimum Gasteiger partial charge on any atom is -0.506 e. The normalized spacial score (nSPS) is 10.2. The molecule has 2 rings (SSSR count). The summed E-state index contributed by atoms with van der Waals surface area (Å²) in [6.45, 7) is 2.60. The molecule has 0 aliphatic rings. The first kappa shape index (κ1) is 13.1. The fraction of sp³-hybridized carbons (Fsp3) is 0.200. The van der Waals surface area contributed by atoms with Gasteiger partial charge in [0, 0.05) is 12.7 Å². The maximum atomic E-state index is 11.8. The summed E-state index contributed by atoms with van der Waals surface area (Å²) in [4.78, 5) is 15.6. The van der Waals surface area contributed by atoms with E-state index in [0.717, 1.165) is 6.42 Å². The average molecular weight is 256 g/mol. The van der Waals surface area contributed by atoms with E-state index in [1.54, 1.807) is 0 Å². The highest BCUT2D eigenvalue weighted by molar-refractivity contribution is 5.94. The molecule has 0 saturated heterocycles. The molecule has 0 saturated carbocycles. The van der Waals surface area contributed by atoms with Crippen LogP contribution in [-0.4, -0.2) is 22.5 Å². The molecule has 1 aromatic heterocycles. The number of rotatable bonds is 4. The molecule has 0 bridgehead atoms. The van der Waals surface area contributed by atoms with E-state index in [0.29, 0.717) is 12.1 Å². The second-order valence-electron chi connectivity index (χ2n) is 4.43. The number of carbonyl (C=O) groups excluding carboxylic acids is 1. The van der Waals surface area contributed by atoms with Crippen molar-refractivity contribution in [3.05, 3.63) is 59.4 Å². The quantitative estimate of drug-likeness (QED) is 0.880. The summed E-state index contributed by atoms with van der Waals surface area (Å²) in [6.07, 6.45) is 3.50. The Bertz CT molecular complexity index is 582. The molecule has 2 N–H and O–H groups in total. The first-order valence-electron chi connectivity index (χ1n) is 6.13. The summed E-state index contributed by atoms with van der Waals surface area (Å²) in [5.41, 5.74) is 2.76. The number of hydrogen-bond acceptors (Lipinski definition) is 3. The van der Waals surface area contributed by atoms with Gasteiger partial charge in [0.2, 0.25) is 0 Å². The molecule has 1 aromatic carbocycles. The first-order chi connectivity index (χ1) is 9.15. The van der Waals surface area contributed by atoms with Gasteiger partial charge in [0.1, 0.15) is 5.75 Å². The number of hydrogen-bond donors (Lipinski definition) is 2. The van der Waals surface area contributed by atoms with E-state index >= 15 is 0 Å². The number of aryl methyl sites for hydroxylation is 1. The monoisotopic (exact) mass is 256 g/mol. The average Bonchev–Trinajstić information content (AvgIpc) is 2.38. The van der Waals surface area contributed by atoms with Gasteiger partial charge in [-0.1, -0.05) is 29.8 Å². The molecule has 0 aliphatic heterocycles. The van der Waals surface area contributed by atoms with Gasteiger partial charge in [-0.05, 0) is 25.0 Å². The van der Waals surface area contributed by atoms with Gasteiger partial charge in [-0.15, -0.1) is 0 Å². The number of carbonyl (C=O) groups is 1. The van der Waals surface area contributed by atoms with Crippen LogP contribution in [0.2, 0.25) is 0 Å². The van der Waals surface area contributed by atoms with Crippen LogP contribution in [0.15, 0.2) is 42.7 Å². The fourth-order valence-corrected chi connectivity index (χ4v) is 1.84. The molecule has 2 aromatic rings. The van der Waals surface area contributed by atoms with Gasteiger partial charge in [0.05, 0.1) is 11.8 Å². The maximum absolute atomic E-state index is 11.8. The highest BCUT2D eigenvalue weighted by atomic mass is 16.3. The lowest BCUT2D eigenvalue weighted by Crippen LogP contribution is -2.25. The van der Waals surface area contributed by atoms with Gasteiger partial charge < -0.3 is 10.4 Å². The fourth-order valence-electron chi connectivity index (χ4n) is 1.84. The van der Waals surface area contributed by atoms with E-state index < -0.39 is 0 Å². The summed E-state index contributed by atoms with van der Waals surface area (Å²) in [6, 6.07) is 9.58. The Morgan fingerprint density at radius 2 is 2.16 bits per heavy atom. The largest absolute Gasteiger partial charge is 0.506 e. The van der Waals surface area contributed by atoms with Crippen molar-refractivity contribution >= 4 is 5.91 Å². The second kappa shape index (κ2) is 6.00. The van der Waals surface area contributed by atoms with Crippen molar-refractivity contribution in [2.45, 2.75) is 13.3 Å². The highest BCUT2D eigenvalue weighted by Crippen LogP contribution is 2.08. The van der Waals surface area contributed by atoms with Crippen molar-refractivity contribution in [2.75, 3.05) is 6.54 Å². The Morgan fingerprint density at radius 1 is 1.32 bits per heavy atom. The van der Waals surface area contributed by atoms with Crippen LogP contribution in [-0.2, 0) is 6.42 Å². The van der Waals surface area contributed by atoms with E-state index in [-0.39, 0.29) is 11.7 Å². The topological polar surface area (TPSA) is 62.2 Å². The third-order valence-corrected chi connectivity index (χ3v) is 2.77. The zero-order chi connectivity index (χ0) is 13.7. The van der Waals surface area contributed by atoms with E-state index in [4.69, 9.17) is 0 Å². The molecule has 4 heteroatoms. The third-order valence-electron chi connectivity index (χ3n) is 2.77. The molecule has 1 amide bonds. The standard InChI is InChI=1S/C15H16N2O2/c1-11-3-2-4-12(7-11)5-6-17-15(19)13-8-14(18)10-16-9-13/h2-4,7-10,18H,5-6H2,1H3,(H,17,19). The van der Waals surface area contributed by atoms with Crippen LogP contribution in [0.3, 0.4) is 0 Å². The van der Waals surface area contributed by atoms with Crippen LogP contribution in [0, 0.1) is 6.92 Å². The van der Waals surface area contributed by atoms with Gasteiger partial charge in [-0.25, -0.2) is 0 Å². The molecule has 98 valence electrons. The van der Waals surface area contributed by atoms with Crippen LogP contribution < -0.4 is 5.32 Å². The Kier molecular flexibility index (Phi) is 4.13. The van der Waals surface area contributed by atoms with Crippen molar-refractivity contribution in [3.63, 3.8) is 0 Å². The molecule has 0 unspecified atom stereocenters. The van der Waals surface area contributed by atoms with Crippen LogP contribution in [0.4, 0.5) is 0 Å². The Labute approximate surface area is 112 Å². The number of amides is 1. The number of nitrogens with zero attached hydrogens (tertiary/aromatic N) is 1. The zero-order valence-corrected chi connectivity index (χ0v) is 10.8. The molecular weight excluding hydrogens is 240 g/mol. The van der Waals surface area contributed by atoms with E-state index in [9.17, 15) is 9.90 Å². The smallest absolute Gasteiger partial charge is 0.252 e. The van der Waals surface area contributed by atoms with Gasteiger partial charge >= 0.3 is 0 Å². The van der Waals surface area contributed by atoms with Crippen LogP contribution in [0.1, 0.15) is 21.5 Å². The number of nitrogens with one attached hydrogen (secondary N) is 1. The lowest BCUT2D eigenvalue weighted by atomic mass is 10.1. The summed E-state index contributed by atoms with van der Waals surface area (Å²) in [5.74, 6) is -0.234. The lowest BCUT2D eigenvalue weighted by molar-refractivity contribution is 0.0953. The molecule has 1 heterocycles. The summed E-state index contributed by atoms with van der Waals surface area (Å²) in [7, 11) is 0. The minimum absolute atomic E-state index is 0.00802. The van der Waals surface area contributed by atoms with Crippen molar-refractivity contribution in [1.82, 2.24) is 10.3 Å². The van der Waals surface area contributed by atoms with Crippen molar-refractivity contribution in [1.29, 1.82) is 0 Å². The Balaban J connectivity index is 1.87. The highest BCUT2D eigenvalue weighted by Gasteiger charge is 2.06. The number of pyridine rings is 1. The van der Waals surface area contributed by atoms with E-state index in [1.807, 2.05) is 25.1 Å². The molecular formula is C15H16N2O2. The van der Waals surface area contributed by atoms with Crippen LogP contribution in [0.25, 0.3) is 0 Å². The van der Waals surface area contributed by atoms with Crippen LogP contribution in [0.5, 0.6) is 5.75 Å². The van der Waals surface area contributed by atoms with Gasteiger partial charge in [-0.2, -0.15) is 0 Å². The van der Waals surface area contributed by atoms with E-state index in [1.165, 1.54) is 29.6 Å². The molecule has 0 atom stereocenters. The Morgan fingerprint density at radius 3 is 2.89 bits per heavy atom. The maximum Gasteiger partial charge on any atom is 0.252 e. The molecule has 0 fully saturated rings. The predicted molar refractivity (Wildman–Crippen MR) is 73.1 cm³/mol. The third kappa shape index (κ3) is 3.81. The number of aromatic hydroxyl groups is 1. The zero-order valence-electron chi connectivity index (χ0n) is 10.8. The molecule has 4 nitrogen and oxygen atoms in total. The molecule has 19 heavy (non-hydrogen) atoms.